The van der Waals surface area contributed by atoms with Gasteiger partial charge in [-0.2, -0.15) is 0 Å². The highest BCUT2D eigenvalue weighted by atomic mass is 16.6. The van der Waals surface area contributed by atoms with E-state index in [1.54, 1.807) is 41.1 Å². The number of allylic oxidation sites excluding steroid dienone is 6. The van der Waals surface area contributed by atoms with E-state index in [0.717, 1.165) is 18.4 Å². The largest absolute Gasteiger partial charge is 0.460 e. The van der Waals surface area contributed by atoms with Gasteiger partial charge in [-0.15, -0.1) is 0 Å². The van der Waals surface area contributed by atoms with Crippen LogP contribution in [0.15, 0.2) is 47.6 Å². The summed E-state index contributed by atoms with van der Waals surface area (Å²) >= 11 is 0. The maximum atomic E-state index is 14.6. The summed E-state index contributed by atoms with van der Waals surface area (Å²) in [5, 5.41) is 23.8. The predicted octanol–water partition coefficient (Wildman–Crippen LogP) is 6.64. The molecular formula is C58H91NO16. The second kappa shape index (κ2) is 30.6. The van der Waals surface area contributed by atoms with Gasteiger partial charge in [0.05, 0.1) is 64.1 Å². The SMILES string of the molecule is COCCO[C@@H]1CC[C@@H](C[C@@H](C)[C@@H]2CC(=O)[C@H](C)/C=C(\C)[C@@H](O)[C@@H](OC)C(=O)[C@H](C)C[C@H](C)/C=C/C=C/C=C(\C)C(OC[C@H]3COCCO3)C[C@@H]3CC[C@@H](C)[C@@](O)(O3)C(=O)C(=O)N3CCCC[C@H]3C(=O)O2)C[C@H]1OC. The number of ketones is 3. The van der Waals surface area contributed by atoms with Gasteiger partial charge < -0.3 is 57.7 Å². The summed E-state index contributed by atoms with van der Waals surface area (Å²) in [6.45, 7) is 15.3. The molecule has 3 saturated heterocycles. The van der Waals surface area contributed by atoms with E-state index >= 15 is 0 Å². The van der Waals surface area contributed by atoms with E-state index in [4.69, 9.17) is 42.6 Å². The monoisotopic (exact) mass is 1060 g/mol. The molecule has 2 N–H and O–H groups in total. The molecule has 17 heteroatoms. The van der Waals surface area contributed by atoms with E-state index < -0.39 is 77.8 Å². The molecule has 5 aliphatic rings. The van der Waals surface area contributed by atoms with Crippen molar-refractivity contribution in [2.24, 2.45) is 35.5 Å². The highest BCUT2D eigenvalue weighted by molar-refractivity contribution is 6.39. The molecule has 5 rings (SSSR count). The van der Waals surface area contributed by atoms with Crippen LogP contribution in [0.1, 0.15) is 126 Å². The Morgan fingerprint density at radius 3 is 2.32 bits per heavy atom. The molecule has 16 atom stereocenters. The first-order valence-electron chi connectivity index (χ1n) is 27.7. The number of amides is 1. The molecule has 424 valence electrons. The molecule has 4 aliphatic heterocycles. The molecule has 4 fully saturated rings. The van der Waals surface area contributed by atoms with Crippen molar-refractivity contribution in [3.05, 3.63) is 47.6 Å². The van der Waals surface area contributed by atoms with Gasteiger partial charge in [-0.05, 0) is 107 Å². The van der Waals surface area contributed by atoms with Crippen LogP contribution in [0.5, 0.6) is 0 Å². The molecule has 75 heavy (non-hydrogen) atoms. The van der Waals surface area contributed by atoms with E-state index in [2.05, 4.69) is 0 Å². The Bertz CT molecular complexity index is 1980. The van der Waals surface area contributed by atoms with Gasteiger partial charge in [0.2, 0.25) is 5.79 Å². The lowest BCUT2D eigenvalue weighted by atomic mass is 9.78. The number of aliphatic hydroxyl groups excluding tert-OH is 1. The summed E-state index contributed by atoms with van der Waals surface area (Å²) in [6.07, 6.45) is 11.7. The van der Waals surface area contributed by atoms with E-state index in [-0.39, 0.29) is 80.0 Å². The van der Waals surface area contributed by atoms with Crippen molar-refractivity contribution in [2.75, 3.05) is 67.5 Å². The molecule has 0 spiro atoms. The molecule has 4 heterocycles. The van der Waals surface area contributed by atoms with Crippen LogP contribution in [0.4, 0.5) is 0 Å². The molecule has 0 aromatic carbocycles. The summed E-state index contributed by atoms with van der Waals surface area (Å²) < 4.78 is 53.4. The molecule has 1 saturated carbocycles. The fourth-order valence-corrected chi connectivity index (χ4v) is 11.3. The standard InChI is InChI=1S/C58H91NO16/c1-36-16-12-11-13-17-37(2)49(73-35-45-34-70-25-27-71-45)32-44-21-19-42(7)58(66,75-44)55(63)56(64)59-23-15-14-18-46(59)57(65)74-50(39(4)30-43-20-22-48(51(31-43)68-9)72-26-24-67-8)33-47(60)38(3)29-41(6)53(62)54(69-10)52(61)40(5)28-36/h11-13,16-17,29,36,38-40,42-46,48-51,53-54,62,66H,14-15,18-28,30-35H2,1-10H3/b13-11+,16-12+,37-17+,41-29+/t36-,38-,39-,40-,42-,43+,44+,45-,46+,48-,49?,50+,51-,53-,54+,58-/m1/s1. The van der Waals surface area contributed by atoms with Gasteiger partial charge in [0, 0.05) is 58.5 Å². The van der Waals surface area contributed by atoms with Crippen LogP contribution >= 0.6 is 0 Å². The Morgan fingerprint density at radius 1 is 0.840 bits per heavy atom. The number of rotatable bonds is 12. The predicted molar refractivity (Wildman–Crippen MR) is 280 cm³/mol. The molecule has 17 nitrogen and oxygen atoms in total. The molecular weight excluding hydrogens is 967 g/mol. The number of carbonyl (C=O) groups is 5. The van der Waals surface area contributed by atoms with Crippen LogP contribution in [0.2, 0.25) is 0 Å². The van der Waals surface area contributed by atoms with Gasteiger partial charge in [-0.1, -0.05) is 71.1 Å². The molecule has 1 aliphatic carbocycles. The van der Waals surface area contributed by atoms with Crippen molar-refractivity contribution in [3.63, 3.8) is 0 Å². The highest BCUT2D eigenvalue weighted by Crippen LogP contribution is 2.38. The number of methoxy groups -OCH3 is 3. The zero-order valence-electron chi connectivity index (χ0n) is 46.6. The minimum absolute atomic E-state index is 0.00616. The number of piperidine rings is 1. The second-order valence-corrected chi connectivity index (χ2v) is 22.1. The third-order valence-electron chi connectivity index (χ3n) is 16.2. The summed E-state index contributed by atoms with van der Waals surface area (Å²) in [4.78, 5) is 73.0. The van der Waals surface area contributed by atoms with Crippen molar-refractivity contribution < 1.29 is 76.8 Å². The lowest BCUT2D eigenvalue weighted by Gasteiger charge is -2.43. The quantitative estimate of drug-likeness (QED) is 0.0908. The molecule has 0 radical (unpaired) electrons. The van der Waals surface area contributed by atoms with Gasteiger partial charge in [-0.3, -0.25) is 19.2 Å². The number of ether oxygens (including phenoxy) is 9. The number of aliphatic hydroxyl groups is 2. The maximum absolute atomic E-state index is 14.6. The van der Waals surface area contributed by atoms with Crippen molar-refractivity contribution in [1.29, 1.82) is 0 Å². The first-order chi connectivity index (χ1) is 35.8. The Labute approximate surface area is 446 Å². The number of Topliss-reactive ketones (excluding diaryl/α,β-unsaturated/α-hetero) is 3. The topological polar surface area (TPSA) is 212 Å². The Balaban J connectivity index is 1.47. The fourth-order valence-electron chi connectivity index (χ4n) is 11.3. The van der Waals surface area contributed by atoms with Crippen LogP contribution in [0.25, 0.3) is 0 Å². The highest BCUT2D eigenvalue weighted by Gasteiger charge is 2.53. The zero-order chi connectivity index (χ0) is 54.8. The van der Waals surface area contributed by atoms with Gasteiger partial charge in [0.15, 0.2) is 5.78 Å². The number of hydrogen-bond acceptors (Lipinski definition) is 16. The average Bonchev–Trinajstić information content (AvgIpc) is 3.40. The Kier molecular flexibility index (Phi) is 25.4. The van der Waals surface area contributed by atoms with Gasteiger partial charge in [-0.25, -0.2) is 4.79 Å². The van der Waals surface area contributed by atoms with Crippen LogP contribution < -0.4 is 0 Å². The molecule has 1 amide bonds. The Morgan fingerprint density at radius 2 is 1.61 bits per heavy atom. The van der Waals surface area contributed by atoms with E-state index in [0.29, 0.717) is 83.6 Å². The van der Waals surface area contributed by atoms with Crippen molar-refractivity contribution in [3.8, 4) is 0 Å². The van der Waals surface area contributed by atoms with Crippen molar-refractivity contribution in [2.45, 2.75) is 186 Å². The number of esters is 1. The van der Waals surface area contributed by atoms with Crippen LogP contribution in [0, 0.1) is 35.5 Å². The third kappa shape index (κ3) is 17.8. The summed E-state index contributed by atoms with van der Waals surface area (Å²) in [6, 6.07) is -1.16. The number of nitrogens with zero attached hydrogens (tertiary/aromatic N) is 1. The molecule has 1 unspecified atom stereocenters. The normalized spacial score (nSPS) is 38.8. The molecule has 2 bridgehead atoms. The second-order valence-electron chi connectivity index (χ2n) is 22.1. The average molecular weight is 1060 g/mol. The minimum atomic E-state index is -2.48. The maximum Gasteiger partial charge on any atom is 0.329 e. The number of cyclic esters (lactones) is 1. The lowest BCUT2D eigenvalue weighted by Crippen LogP contribution is -2.61. The van der Waals surface area contributed by atoms with Crippen molar-refractivity contribution in [1.82, 2.24) is 4.90 Å². The molecule has 0 aromatic rings. The third-order valence-corrected chi connectivity index (χ3v) is 16.2. The zero-order valence-corrected chi connectivity index (χ0v) is 46.6. The molecule has 0 aromatic heterocycles. The Hall–Kier alpha value is -3.49. The van der Waals surface area contributed by atoms with Gasteiger partial charge in [0.25, 0.3) is 11.7 Å². The number of fused-ring (bicyclic) bond motifs is 3. The van der Waals surface area contributed by atoms with E-state index in [1.165, 1.54) is 12.0 Å². The smallest absolute Gasteiger partial charge is 0.329 e. The summed E-state index contributed by atoms with van der Waals surface area (Å²) in [7, 11) is 4.68. The first kappa shape index (κ1) is 62.4. The van der Waals surface area contributed by atoms with Gasteiger partial charge >= 0.3 is 5.97 Å². The van der Waals surface area contributed by atoms with E-state index in [9.17, 15) is 34.2 Å². The van der Waals surface area contributed by atoms with Crippen molar-refractivity contribution >= 4 is 29.2 Å². The number of hydrogen-bond donors (Lipinski definition) is 2. The fraction of sp³-hybridized carbons (Fsp3) is 0.776. The van der Waals surface area contributed by atoms with Gasteiger partial charge in [0.1, 0.15) is 36.2 Å². The van der Waals surface area contributed by atoms with Crippen LogP contribution in [0.3, 0.4) is 0 Å². The van der Waals surface area contributed by atoms with E-state index in [1.807, 2.05) is 58.1 Å². The summed E-state index contributed by atoms with van der Waals surface area (Å²) in [5.41, 5.74) is 1.24. The van der Waals surface area contributed by atoms with Crippen LogP contribution in [-0.4, -0.2) is 173 Å². The first-order valence-corrected chi connectivity index (χ1v) is 27.7. The lowest BCUT2D eigenvalue weighted by molar-refractivity contribution is -0.266. The van der Waals surface area contributed by atoms with Crippen LogP contribution in [-0.2, 0) is 66.6 Å². The summed E-state index contributed by atoms with van der Waals surface area (Å²) in [5.74, 6) is -8.06. The number of carbonyl (C=O) groups excluding carboxylic acids is 5. The minimum Gasteiger partial charge on any atom is -0.460 e.